The van der Waals surface area contributed by atoms with Crippen molar-refractivity contribution in [3.05, 3.63) is 110 Å². The molecule has 4 aromatic rings. The van der Waals surface area contributed by atoms with Gasteiger partial charge in [-0.2, -0.15) is 0 Å². The lowest BCUT2D eigenvalue weighted by atomic mass is 10.1. The zero-order valence-corrected chi connectivity index (χ0v) is 46.5. The number of carbonyl (C=O) groups excluding carboxylic acids is 6. The van der Waals surface area contributed by atoms with Gasteiger partial charge in [0.15, 0.2) is 5.43 Å². The Bertz CT molecular complexity index is 2790. The van der Waals surface area contributed by atoms with Crippen LogP contribution in [0.1, 0.15) is 97.9 Å². The van der Waals surface area contributed by atoms with Crippen LogP contribution < -0.4 is 10.2 Å². The van der Waals surface area contributed by atoms with E-state index in [1.165, 1.54) is 0 Å². The minimum absolute atomic E-state index is 0.0118. The van der Waals surface area contributed by atoms with Crippen LogP contribution >= 0.6 is 0 Å². The fraction of sp³-hybridized carbons (Fsp3) is 0.552. The molecule has 1 N–H and O–H groups in total. The first-order chi connectivity index (χ1) is 38.7. The maximum absolute atomic E-state index is 14.1. The predicted molar refractivity (Wildman–Crippen MR) is 295 cm³/mol. The van der Waals surface area contributed by atoms with Crippen LogP contribution in [-0.2, 0) is 81.1 Å². The first kappa shape index (κ1) is 56.1. The zero-order valence-electron chi connectivity index (χ0n) is 46.5. The summed E-state index contributed by atoms with van der Waals surface area (Å²) in [6.07, 6.45) is 6.01. The molecule has 0 aromatic carbocycles. The molecule has 0 saturated carbocycles. The molecule has 0 radical (unpaired) electrons. The Labute approximate surface area is 467 Å². The summed E-state index contributed by atoms with van der Waals surface area (Å²) in [7, 11) is 0. The van der Waals surface area contributed by atoms with Gasteiger partial charge in [-0.1, -0.05) is 6.07 Å². The van der Waals surface area contributed by atoms with Crippen LogP contribution in [0.15, 0.2) is 59.4 Å². The highest BCUT2D eigenvalue weighted by atomic mass is 16.5. The topological polar surface area (TPSA) is 216 Å². The second-order valence-electron chi connectivity index (χ2n) is 22.4. The summed E-state index contributed by atoms with van der Waals surface area (Å²) >= 11 is 0. The lowest BCUT2D eigenvalue weighted by Crippen LogP contribution is -2.52. The molecule has 6 amide bonds. The Hall–Kier alpha value is -7.14. The Morgan fingerprint density at radius 3 is 1.05 bits per heavy atom. The average molecular weight is 1100 g/mol. The highest BCUT2D eigenvalue weighted by molar-refractivity contribution is 5.80. The fourth-order valence-corrected chi connectivity index (χ4v) is 11.9. The molecule has 6 aliphatic heterocycles. The number of hydrogen-bond acceptors (Lipinski definition) is 15. The van der Waals surface area contributed by atoms with Crippen molar-refractivity contribution < 1.29 is 33.5 Å². The number of amides is 6. The number of nitrogens with one attached hydrogen (secondary N) is 1. The molecule has 0 spiro atoms. The Morgan fingerprint density at radius 2 is 0.700 bits per heavy atom. The molecule has 22 heteroatoms. The number of piperidine rings is 2. The van der Waals surface area contributed by atoms with Crippen LogP contribution in [0.5, 0.6) is 11.5 Å². The number of aromatic nitrogens is 4. The van der Waals surface area contributed by atoms with Crippen LogP contribution in [0.3, 0.4) is 0 Å². The highest BCUT2D eigenvalue weighted by Gasteiger charge is 2.29. The predicted octanol–water partition coefficient (Wildman–Crippen LogP) is 2.39. The number of likely N-dealkylation sites (tertiary alicyclic amines) is 2. The van der Waals surface area contributed by atoms with E-state index in [1.807, 2.05) is 71.9 Å². The molecule has 4 fully saturated rings. The summed E-state index contributed by atoms with van der Waals surface area (Å²) in [5.41, 5.74) is 5.21. The maximum Gasteiger partial charge on any atom is 0.236 e. The Morgan fingerprint density at radius 1 is 0.400 bits per heavy atom. The molecule has 10 rings (SSSR count). The Balaban J connectivity index is 0.984. The number of H-pyrrole nitrogens is 1. The van der Waals surface area contributed by atoms with Gasteiger partial charge >= 0.3 is 0 Å². The first-order valence-electron chi connectivity index (χ1n) is 28.6. The van der Waals surface area contributed by atoms with Gasteiger partial charge in [0.2, 0.25) is 35.4 Å². The zero-order chi connectivity index (χ0) is 55.7. The van der Waals surface area contributed by atoms with E-state index in [2.05, 4.69) is 4.98 Å². The smallest absolute Gasteiger partial charge is 0.236 e. The third-order valence-corrected chi connectivity index (χ3v) is 16.0. The van der Waals surface area contributed by atoms with E-state index in [9.17, 15) is 33.6 Å². The van der Waals surface area contributed by atoms with Gasteiger partial charge < -0.3 is 39.1 Å². The average Bonchev–Trinajstić information content (AvgIpc) is 3.42. The number of piperazine rings is 2. The number of pyridine rings is 4. The number of nitrogens with zero attached hydrogens (tertiary/aromatic N) is 13. The van der Waals surface area contributed by atoms with E-state index in [4.69, 9.17) is 19.7 Å². The van der Waals surface area contributed by atoms with Crippen LogP contribution in [0.4, 0.5) is 0 Å². The molecule has 4 aromatic heterocycles. The van der Waals surface area contributed by atoms with Crippen LogP contribution in [0.2, 0.25) is 0 Å². The van der Waals surface area contributed by atoms with Gasteiger partial charge in [-0.3, -0.25) is 68.1 Å². The van der Waals surface area contributed by atoms with Crippen molar-refractivity contribution >= 4 is 35.4 Å². The van der Waals surface area contributed by atoms with E-state index >= 15 is 0 Å². The monoisotopic (exact) mass is 1100 g/mol. The molecule has 0 unspecified atom stereocenters. The SMILES string of the molecule is CC(=O)N1CCN(C(=O)CN2Cc3cccc(n3)CN(CC(=O)N3CCN(C(C)=O)CC3)Cc3cc(Oc4cc5nc(c4)CN(CC(=O)N4CCCCC4)Cc4cc(=O)cc([nH]4)CN(CC(=O)N4CCCCC4)C5)cc(n3)C2)CC1. The number of aromatic amines is 1. The molecule has 0 aliphatic carbocycles. The second-order valence-corrected chi connectivity index (χ2v) is 22.4. The largest absolute Gasteiger partial charge is 0.457 e. The van der Waals surface area contributed by atoms with Crippen molar-refractivity contribution in [1.29, 1.82) is 0 Å². The van der Waals surface area contributed by atoms with E-state index in [0.717, 1.165) is 49.9 Å². The van der Waals surface area contributed by atoms with Crippen molar-refractivity contribution in [3.8, 4) is 11.5 Å². The van der Waals surface area contributed by atoms with Gasteiger partial charge in [0.05, 0.1) is 60.3 Å². The molecule has 10 heterocycles. The van der Waals surface area contributed by atoms with E-state index in [-0.39, 0.29) is 106 Å². The minimum atomic E-state index is -0.153. The molecule has 22 nitrogen and oxygen atoms in total. The van der Waals surface area contributed by atoms with Crippen molar-refractivity contribution in [2.45, 2.75) is 105 Å². The highest BCUT2D eigenvalue weighted by Crippen LogP contribution is 2.29. The summed E-state index contributed by atoms with van der Waals surface area (Å²) in [6, 6.07) is 16.5. The van der Waals surface area contributed by atoms with Gasteiger partial charge in [0.1, 0.15) is 11.5 Å². The quantitative estimate of drug-likeness (QED) is 0.241. The molecular weight excluding hydrogens is 1020 g/mol. The number of rotatable bonds is 10. The standard InChI is InChI=1S/C58H76N14O8/c1-42(73)67-16-20-71(21-17-67)57(78)40-63-30-44-10-9-11-45(59-44)31-64(41-58(79)72-22-18-68(19-23-72)43(2)74)35-49-27-53(26-48(34-63)61-49)80-54-28-50-36-65(38-55(76)69-12-5-3-6-13-69)32-46-24-52(75)25-47(60-46)33-66(37-51(29-54)62-50)39-56(77)70-14-7-4-8-15-70/h9-11,24-29H,3-8,12-23,30-41H2,1-2H3,(H,60,75). The minimum Gasteiger partial charge on any atom is -0.457 e. The number of ether oxygens (including phenoxy) is 1. The second kappa shape index (κ2) is 26.0. The summed E-state index contributed by atoms with van der Waals surface area (Å²) < 4.78 is 6.96. The van der Waals surface area contributed by atoms with Gasteiger partial charge in [-0.05, 0) is 50.7 Å². The molecule has 80 heavy (non-hydrogen) atoms. The van der Waals surface area contributed by atoms with Gasteiger partial charge in [-0.15, -0.1) is 0 Å². The van der Waals surface area contributed by atoms with Crippen molar-refractivity contribution in [2.75, 3.05) is 105 Å². The number of fused-ring (bicyclic) bond motifs is 8. The normalized spacial score (nSPS) is 19.3. The van der Waals surface area contributed by atoms with Crippen molar-refractivity contribution in [2.24, 2.45) is 0 Å². The summed E-state index contributed by atoms with van der Waals surface area (Å²) in [5, 5.41) is 0. The third kappa shape index (κ3) is 15.2. The molecular formula is C58H76N14O8. The Kier molecular flexibility index (Phi) is 18.2. The van der Waals surface area contributed by atoms with Gasteiger partial charge in [0, 0.05) is 193 Å². The van der Waals surface area contributed by atoms with Crippen molar-refractivity contribution in [1.82, 2.24) is 68.9 Å². The lowest BCUT2D eigenvalue weighted by Gasteiger charge is -2.35. The number of hydrogen-bond donors (Lipinski definition) is 1. The van der Waals surface area contributed by atoms with Crippen LogP contribution in [0.25, 0.3) is 0 Å². The van der Waals surface area contributed by atoms with Crippen LogP contribution in [-0.4, -0.2) is 209 Å². The fourth-order valence-electron chi connectivity index (χ4n) is 11.9. The maximum atomic E-state index is 14.1. The van der Waals surface area contributed by atoms with E-state index in [0.29, 0.717) is 137 Å². The summed E-state index contributed by atoms with van der Waals surface area (Å²) in [4.78, 5) is 132. The van der Waals surface area contributed by atoms with Crippen molar-refractivity contribution in [3.63, 3.8) is 0 Å². The van der Waals surface area contributed by atoms with E-state index < -0.39 is 0 Å². The third-order valence-electron chi connectivity index (χ3n) is 16.0. The first-order valence-corrected chi connectivity index (χ1v) is 28.6. The summed E-state index contributed by atoms with van der Waals surface area (Å²) in [5.74, 6) is 0.839. The number of carbonyl (C=O) groups is 6. The van der Waals surface area contributed by atoms with E-state index in [1.54, 1.807) is 45.6 Å². The lowest BCUT2D eigenvalue weighted by molar-refractivity contribution is -0.139. The van der Waals surface area contributed by atoms with Gasteiger partial charge in [-0.25, -0.2) is 0 Å². The molecule has 426 valence electrons. The summed E-state index contributed by atoms with van der Waals surface area (Å²) in [6.45, 7) is 12.2. The molecule has 4 saturated heterocycles. The van der Waals surface area contributed by atoms with Gasteiger partial charge in [0.25, 0.3) is 0 Å². The van der Waals surface area contributed by atoms with Crippen LogP contribution in [0, 0.1) is 0 Å². The molecule has 8 bridgehead atoms. The molecule has 6 aliphatic rings. The molecule has 0 atom stereocenters.